The second-order valence-corrected chi connectivity index (χ2v) is 7.25. The molecule has 0 aliphatic rings. The minimum Gasteiger partial charge on any atom is -0.495 e. The number of ether oxygens (including phenoxy) is 1. The number of anilines is 1. The molecular weight excluding hydrogens is 358 g/mol. The number of carbonyl (C=O) groups excluding carboxylic acids is 1. The van der Waals surface area contributed by atoms with E-state index in [0.717, 1.165) is 30.8 Å². The van der Waals surface area contributed by atoms with E-state index in [1.165, 1.54) is 13.2 Å². The molecule has 1 rings (SSSR count). The fourth-order valence-electron chi connectivity index (χ4n) is 1.86. The molecule has 0 saturated carbocycles. The zero-order chi connectivity index (χ0) is 15.9. The summed E-state index contributed by atoms with van der Waals surface area (Å²) in [6, 6.07) is 4.77. The summed E-state index contributed by atoms with van der Waals surface area (Å²) in [5, 5.41) is 0.937. The molecule has 0 saturated heterocycles. The number of Topliss-reactive ketones (excluding diaryl/α,β-unsaturated/α-hetero) is 1. The Labute approximate surface area is 134 Å². The van der Waals surface area contributed by atoms with Crippen molar-refractivity contribution >= 4 is 37.4 Å². The third kappa shape index (κ3) is 6.48. The zero-order valence-corrected chi connectivity index (χ0v) is 14.6. The van der Waals surface area contributed by atoms with Crippen LogP contribution in [0.2, 0.25) is 0 Å². The van der Waals surface area contributed by atoms with Gasteiger partial charge in [-0.3, -0.25) is 9.52 Å². The van der Waals surface area contributed by atoms with Crippen molar-refractivity contribution in [1.29, 1.82) is 0 Å². The predicted octanol–water partition coefficient (Wildman–Crippen LogP) is 3.20. The van der Waals surface area contributed by atoms with Gasteiger partial charge in [0, 0.05) is 17.3 Å². The summed E-state index contributed by atoms with van der Waals surface area (Å²) < 4.78 is 30.1. The van der Waals surface area contributed by atoms with Crippen molar-refractivity contribution in [3.63, 3.8) is 0 Å². The third-order valence-electron chi connectivity index (χ3n) is 2.85. The molecule has 0 unspecified atom stereocenters. The van der Waals surface area contributed by atoms with Crippen molar-refractivity contribution in [2.24, 2.45) is 0 Å². The van der Waals surface area contributed by atoms with Gasteiger partial charge < -0.3 is 4.74 Å². The lowest BCUT2D eigenvalue weighted by Crippen LogP contribution is -2.11. The van der Waals surface area contributed by atoms with Crippen LogP contribution >= 0.6 is 15.9 Å². The number of rotatable bonds is 9. The maximum atomic E-state index is 12.1. The van der Waals surface area contributed by atoms with Crippen molar-refractivity contribution in [3.05, 3.63) is 23.8 Å². The first-order valence-electron chi connectivity index (χ1n) is 6.62. The summed E-state index contributed by atoms with van der Waals surface area (Å²) in [6.07, 6.45) is 4.36. The Bertz CT molecular complexity index is 587. The topological polar surface area (TPSA) is 72.5 Å². The number of ketones is 1. The SMILES string of the molecule is COc1ccc(C(=O)CCCCCBr)cc1NS(C)(=O)=O. The molecule has 0 bridgehead atoms. The fraction of sp³-hybridized carbons (Fsp3) is 0.500. The van der Waals surface area contributed by atoms with Crippen molar-refractivity contribution in [2.75, 3.05) is 23.4 Å². The molecule has 118 valence electrons. The Morgan fingerprint density at radius 3 is 2.57 bits per heavy atom. The number of methoxy groups -OCH3 is 1. The first-order valence-corrected chi connectivity index (χ1v) is 9.63. The molecule has 0 aliphatic carbocycles. The molecule has 0 aromatic heterocycles. The van der Waals surface area contributed by atoms with E-state index >= 15 is 0 Å². The van der Waals surface area contributed by atoms with Crippen LogP contribution in [0.3, 0.4) is 0 Å². The molecule has 0 atom stereocenters. The van der Waals surface area contributed by atoms with Crippen LogP contribution in [0.1, 0.15) is 36.0 Å². The molecule has 0 spiro atoms. The third-order valence-corrected chi connectivity index (χ3v) is 4.01. The summed E-state index contributed by atoms with van der Waals surface area (Å²) in [6.45, 7) is 0. The molecule has 0 radical (unpaired) electrons. The Hall–Kier alpha value is -1.08. The van der Waals surface area contributed by atoms with E-state index < -0.39 is 10.0 Å². The molecule has 1 aromatic rings. The van der Waals surface area contributed by atoms with E-state index in [1.54, 1.807) is 12.1 Å². The summed E-state index contributed by atoms with van der Waals surface area (Å²) in [4.78, 5) is 12.1. The Kier molecular flexibility index (Phi) is 7.17. The van der Waals surface area contributed by atoms with Gasteiger partial charge in [-0.05, 0) is 31.0 Å². The van der Waals surface area contributed by atoms with Crippen molar-refractivity contribution in [3.8, 4) is 5.75 Å². The number of hydrogen-bond donors (Lipinski definition) is 1. The quantitative estimate of drug-likeness (QED) is 0.407. The lowest BCUT2D eigenvalue weighted by atomic mass is 10.0. The summed E-state index contributed by atoms with van der Waals surface area (Å²) >= 11 is 3.35. The van der Waals surface area contributed by atoms with Gasteiger partial charge in [0.2, 0.25) is 10.0 Å². The predicted molar refractivity (Wildman–Crippen MR) is 88.1 cm³/mol. The molecule has 5 nitrogen and oxygen atoms in total. The number of benzene rings is 1. The Morgan fingerprint density at radius 1 is 1.29 bits per heavy atom. The van der Waals surface area contributed by atoms with E-state index in [0.29, 0.717) is 17.7 Å². The van der Waals surface area contributed by atoms with Crippen LogP contribution in [0, 0.1) is 0 Å². The normalized spacial score (nSPS) is 11.2. The van der Waals surface area contributed by atoms with Crippen LogP contribution in [0.15, 0.2) is 18.2 Å². The van der Waals surface area contributed by atoms with Gasteiger partial charge in [-0.1, -0.05) is 22.4 Å². The number of hydrogen-bond acceptors (Lipinski definition) is 4. The molecule has 0 amide bonds. The number of carbonyl (C=O) groups is 1. The number of alkyl halides is 1. The molecule has 0 fully saturated rings. The Balaban J connectivity index is 2.84. The highest BCUT2D eigenvalue weighted by Crippen LogP contribution is 2.27. The van der Waals surface area contributed by atoms with Crippen molar-refractivity contribution < 1.29 is 17.9 Å². The van der Waals surface area contributed by atoms with Crippen LogP contribution in [0.4, 0.5) is 5.69 Å². The van der Waals surface area contributed by atoms with E-state index in [2.05, 4.69) is 20.7 Å². The first kappa shape index (κ1) is 18.0. The molecule has 7 heteroatoms. The minimum absolute atomic E-state index is 0.00350. The largest absolute Gasteiger partial charge is 0.495 e. The van der Waals surface area contributed by atoms with Gasteiger partial charge in [-0.2, -0.15) is 0 Å². The maximum absolute atomic E-state index is 12.1. The fourth-order valence-corrected chi connectivity index (χ4v) is 2.82. The van der Waals surface area contributed by atoms with Gasteiger partial charge in [0.15, 0.2) is 5.78 Å². The zero-order valence-electron chi connectivity index (χ0n) is 12.2. The van der Waals surface area contributed by atoms with Gasteiger partial charge in [-0.15, -0.1) is 0 Å². The van der Waals surface area contributed by atoms with Gasteiger partial charge in [-0.25, -0.2) is 8.42 Å². The second kappa shape index (κ2) is 8.38. The van der Waals surface area contributed by atoms with Crippen LogP contribution in [-0.4, -0.2) is 32.9 Å². The van der Waals surface area contributed by atoms with E-state index in [-0.39, 0.29) is 11.5 Å². The number of sulfonamides is 1. The molecule has 0 heterocycles. The minimum atomic E-state index is -3.42. The number of unbranched alkanes of at least 4 members (excludes halogenated alkanes) is 2. The first-order chi connectivity index (χ1) is 9.87. The van der Waals surface area contributed by atoms with Crippen LogP contribution in [0.5, 0.6) is 5.75 Å². The van der Waals surface area contributed by atoms with Crippen molar-refractivity contribution in [2.45, 2.75) is 25.7 Å². The van der Waals surface area contributed by atoms with E-state index in [9.17, 15) is 13.2 Å². The highest BCUT2D eigenvalue weighted by molar-refractivity contribution is 9.09. The van der Waals surface area contributed by atoms with Gasteiger partial charge in [0.05, 0.1) is 19.1 Å². The lowest BCUT2D eigenvalue weighted by Gasteiger charge is -2.11. The highest BCUT2D eigenvalue weighted by Gasteiger charge is 2.12. The van der Waals surface area contributed by atoms with E-state index in [4.69, 9.17) is 4.74 Å². The molecule has 1 N–H and O–H groups in total. The van der Waals surface area contributed by atoms with Crippen LogP contribution in [0.25, 0.3) is 0 Å². The molecular formula is C14H20BrNO4S. The van der Waals surface area contributed by atoms with Gasteiger partial charge in [0.25, 0.3) is 0 Å². The van der Waals surface area contributed by atoms with Crippen LogP contribution in [-0.2, 0) is 10.0 Å². The summed E-state index contributed by atoms with van der Waals surface area (Å²) in [7, 11) is -1.97. The standard InChI is InChI=1S/C14H20BrNO4S/c1-20-14-8-7-11(10-12(14)16-21(2,18)19)13(17)6-4-3-5-9-15/h7-8,10,16H,3-6,9H2,1-2H3. The molecule has 0 aliphatic heterocycles. The molecule has 21 heavy (non-hydrogen) atoms. The average molecular weight is 378 g/mol. The maximum Gasteiger partial charge on any atom is 0.229 e. The lowest BCUT2D eigenvalue weighted by molar-refractivity contribution is 0.0979. The van der Waals surface area contributed by atoms with Gasteiger partial charge in [0.1, 0.15) is 5.75 Å². The summed E-state index contributed by atoms with van der Waals surface area (Å²) in [5.41, 5.74) is 0.770. The second-order valence-electron chi connectivity index (χ2n) is 4.71. The monoisotopic (exact) mass is 377 g/mol. The Morgan fingerprint density at radius 2 is 2.00 bits per heavy atom. The van der Waals surface area contributed by atoms with Crippen molar-refractivity contribution in [1.82, 2.24) is 0 Å². The number of nitrogens with one attached hydrogen (secondary N) is 1. The summed E-state index contributed by atoms with van der Waals surface area (Å²) in [5.74, 6) is 0.389. The van der Waals surface area contributed by atoms with E-state index in [1.807, 2.05) is 0 Å². The number of halogens is 1. The smallest absolute Gasteiger partial charge is 0.229 e. The van der Waals surface area contributed by atoms with Gasteiger partial charge >= 0.3 is 0 Å². The molecule has 1 aromatic carbocycles. The van der Waals surface area contributed by atoms with Crippen LogP contribution < -0.4 is 9.46 Å². The average Bonchev–Trinajstić information content (AvgIpc) is 2.41. The highest BCUT2D eigenvalue weighted by atomic mass is 79.9.